The monoisotopic (exact) mass is 353 g/mol. The Morgan fingerprint density at radius 3 is 2.90 bits per heavy atom. The summed E-state index contributed by atoms with van der Waals surface area (Å²) in [6, 6.07) is 6.06. The minimum absolute atomic E-state index is 0.712. The van der Waals surface area contributed by atoms with Crippen LogP contribution in [0, 0.1) is 0 Å². The highest BCUT2D eigenvalue weighted by atomic mass is 79.9. The Hall–Kier alpha value is -1.37. The zero-order valence-electron chi connectivity index (χ0n) is 12.3. The molecule has 114 valence electrons. The fraction of sp³-hybridized carbons (Fsp3) is 0.400. The summed E-state index contributed by atoms with van der Waals surface area (Å²) < 4.78 is 13.6. The maximum absolute atomic E-state index is 5.82. The van der Waals surface area contributed by atoms with Crippen molar-refractivity contribution in [1.29, 1.82) is 0 Å². The van der Waals surface area contributed by atoms with Crippen LogP contribution in [-0.2, 0) is 17.8 Å². The first-order valence-electron chi connectivity index (χ1n) is 6.91. The van der Waals surface area contributed by atoms with Crippen molar-refractivity contribution in [3.63, 3.8) is 0 Å². The average Bonchev–Trinajstić information content (AvgIpc) is 2.94. The van der Waals surface area contributed by atoms with Gasteiger partial charge >= 0.3 is 0 Å². The van der Waals surface area contributed by atoms with E-state index in [4.69, 9.17) is 9.47 Å². The minimum Gasteiger partial charge on any atom is -0.453 e. The van der Waals surface area contributed by atoms with Crippen LogP contribution >= 0.6 is 15.9 Å². The first-order chi connectivity index (χ1) is 10.2. The van der Waals surface area contributed by atoms with E-state index in [2.05, 4.69) is 32.4 Å². The van der Waals surface area contributed by atoms with Crippen molar-refractivity contribution in [2.24, 2.45) is 0 Å². The number of aromatic nitrogens is 2. The normalized spacial score (nSPS) is 10.8. The summed E-state index contributed by atoms with van der Waals surface area (Å²) in [5, 5.41) is 7.50. The number of halogens is 1. The van der Waals surface area contributed by atoms with E-state index >= 15 is 0 Å². The lowest BCUT2D eigenvalue weighted by Crippen LogP contribution is -2.18. The highest BCUT2D eigenvalue weighted by Crippen LogP contribution is 2.30. The van der Waals surface area contributed by atoms with Crippen molar-refractivity contribution in [2.75, 3.05) is 20.3 Å². The molecule has 1 N–H and O–H groups in total. The first kappa shape index (κ1) is 16.0. The lowest BCUT2D eigenvalue weighted by molar-refractivity contribution is 0.199. The van der Waals surface area contributed by atoms with E-state index < -0.39 is 0 Å². The number of hydrogen-bond acceptors (Lipinski definition) is 4. The van der Waals surface area contributed by atoms with E-state index in [-0.39, 0.29) is 0 Å². The van der Waals surface area contributed by atoms with Crippen molar-refractivity contribution in [1.82, 2.24) is 15.1 Å². The summed E-state index contributed by atoms with van der Waals surface area (Å²) in [6.07, 6.45) is 3.60. The molecule has 0 aliphatic carbocycles. The maximum Gasteiger partial charge on any atom is 0.165 e. The van der Waals surface area contributed by atoms with Gasteiger partial charge in [0, 0.05) is 26.7 Å². The Kier molecular flexibility index (Phi) is 6.22. The fourth-order valence-corrected chi connectivity index (χ4v) is 2.35. The van der Waals surface area contributed by atoms with E-state index in [9.17, 15) is 0 Å². The third kappa shape index (κ3) is 4.84. The Bertz CT molecular complexity index is 572. The van der Waals surface area contributed by atoms with Gasteiger partial charge in [-0.2, -0.15) is 5.10 Å². The summed E-state index contributed by atoms with van der Waals surface area (Å²) in [6.45, 7) is 5.22. The highest BCUT2D eigenvalue weighted by molar-refractivity contribution is 9.10. The van der Waals surface area contributed by atoms with Gasteiger partial charge in [-0.25, -0.2) is 0 Å². The van der Waals surface area contributed by atoms with Crippen LogP contribution in [0.5, 0.6) is 11.5 Å². The molecule has 1 heterocycles. The van der Waals surface area contributed by atoms with Gasteiger partial charge in [0.05, 0.1) is 23.5 Å². The molecule has 0 unspecified atom stereocenters. The second-order valence-electron chi connectivity index (χ2n) is 4.57. The van der Waals surface area contributed by atoms with Crippen molar-refractivity contribution >= 4 is 15.9 Å². The van der Waals surface area contributed by atoms with Crippen LogP contribution in [0.1, 0.15) is 12.5 Å². The van der Waals surface area contributed by atoms with Crippen LogP contribution in [0.25, 0.3) is 0 Å². The summed E-state index contributed by atoms with van der Waals surface area (Å²) in [5.41, 5.74) is 1.19. The summed E-state index contributed by atoms with van der Waals surface area (Å²) >= 11 is 3.55. The number of nitrogens with zero attached hydrogens (tertiary/aromatic N) is 2. The summed E-state index contributed by atoms with van der Waals surface area (Å²) in [7, 11) is 1.70. The average molecular weight is 354 g/mol. The Morgan fingerprint density at radius 2 is 2.24 bits per heavy atom. The van der Waals surface area contributed by atoms with Crippen LogP contribution in [0.4, 0.5) is 0 Å². The molecule has 0 radical (unpaired) electrons. The molecule has 0 bridgehead atoms. The fourth-order valence-electron chi connectivity index (χ4n) is 1.84. The number of benzene rings is 1. The molecule has 1 aromatic carbocycles. The van der Waals surface area contributed by atoms with Gasteiger partial charge in [0.1, 0.15) is 5.75 Å². The number of methoxy groups -OCH3 is 1. The van der Waals surface area contributed by atoms with Crippen LogP contribution in [-0.4, -0.2) is 30.0 Å². The summed E-state index contributed by atoms with van der Waals surface area (Å²) in [5.74, 6) is 1.52. The zero-order valence-corrected chi connectivity index (χ0v) is 13.9. The van der Waals surface area contributed by atoms with Crippen LogP contribution in [0.15, 0.2) is 35.1 Å². The molecule has 0 aliphatic rings. The molecular formula is C15H20BrN3O2. The van der Waals surface area contributed by atoms with Crippen LogP contribution in [0.3, 0.4) is 0 Å². The topological polar surface area (TPSA) is 48.3 Å². The molecule has 0 amide bonds. The lowest BCUT2D eigenvalue weighted by Gasteiger charge is -2.09. The molecule has 6 heteroatoms. The first-order valence-corrected chi connectivity index (χ1v) is 7.70. The number of aryl methyl sites for hydroxylation is 1. The lowest BCUT2D eigenvalue weighted by atomic mass is 10.2. The second kappa shape index (κ2) is 8.17. The zero-order chi connectivity index (χ0) is 15.1. The van der Waals surface area contributed by atoms with Gasteiger partial charge < -0.3 is 14.8 Å². The van der Waals surface area contributed by atoms with E-state index in [1.54, 1.807) is 13.3 Å². The molecule has 0 saturated carbocycles. The Balaban J connectivity index is 1.95. The molecule has 0 fully saturated rings. The molecule has 0 saturated heterocycles. The quantitative estimate of drug-likeness (QED) is 0.740. The third-order valence-corrected chi connectivity index (χ3v) is 3.59. The second-order valence-corrected chi connectivity index (χ2v) is 5.42. The number of rotatable bonds is 8. The predicted octanol–water partition coefficient (Wildman–Crippen LogP) is 3.19. The Labute approximate surface area is 133 Å². The van der Waals surface area contributed by atoms with Gasteiger partial charge in [-0.1, -0.05) is 6.07 Å². The number of ether oxygens (including phenoxy) is 2. The summed E-state index contributed by atoms with van der Waals surface area (Å²) in [4.78, 5) is 0. The van der Waals surface area contributed by atoms with Gasteiger partial charge in [-0.3, -0.25) is 4.68 Å². The predicted molar refractivity (Wildman–Crippen MR) is 85.7 cm³/mol. The number of nitrogens with one attached hydrogen (secondary N) is 1. The molecule has 21 heavy (non-hydrogen) atoms. The maximum atomic E-state index is 5.82. The molecule has 2 aromatic rings. The SMILES string of the molecule is CCn1cc(Oc2ccc(CNCCOC)cc2Br)cn1. The Morgan fingerprint density at radius 1 is 1.38 bits per heavy atom. The molecule has 0 spiro atoms. The van der Waals surface area contributed by atoms with Crippen molar-refractivity contribution in [3.05, 3.63) is 40.6 Å². The van der Waals surface area contributed by atoms with Crippen molar-refractivity contribution < 1.29 is 9.47 Å². The highest BCUT2D eigenvalue weighted by Gasteiger charge is 2.06. The van der Waals surface area contributed by atoms with E-state index in [0.29, 0.717) is 6.61 Å². The van der Waals surface area contributed by atoms with Gasteiger partial charge in [-0.05, 0) is 40.5 Å². The minimum atomic E-state index is 0.712. The van der Waals surface area contributed by atoms with Gasteiger partial charge in [0.15, 0.2) is 5.75 Å². The smallest absolute Gasteiger partial charge is 0.165 e. The van der Waals surface area contributed by atoms with Gasteiger partial charge in [0.25, 0.3) is 0 Å². The molecule has 0 atom stereocenters. The van der Waals surface area contributed by atoms with Crippen LogP contribution < -0.4 is 10.1 Å². The van der Waals surface area contributed by atoms with Crippen molar-refractivity contribution in [3.8, 4) is 11.5 Å². The van der Waals surface area contributed by atoms with E-state index in [0.717, 1.165) is 35.6 Å². The van der Waals surface area contributed by atoms with Crippen molar-refractivity contribution in [2.45, 2.75) is 20.0 Å². The standard InChI is InChI=1S/C15H20BrN3O2/c1-3-19-11-13(10-18-19)21-15-5-4-12(8-14(15)16)9-17-6-7-20-2/h4-5,8,10-11,17H,3,6-7,9H2,1-2H3. The van der Waals surface area contributed by atoms with E-state index in [1.165, 1.54) is 5.56 Å². The molecule has 0 aliphatic heterocycles. The van der Waals surface area contributed by atoms with Gasteiger partial charge in [0.2, 0.25) is 0 Å². The van der Waals surface area contributed by atoms with E-state index in [1.807, 2.05) is 29.9 Å². The third-order valence-electron chi connectivity index (χ3n) is 2.97. The largest absolute Gasteiger partial charge is 0.453 e. The molecule has 5 nitrogen and oxygen atoms in total. The molecule has 1 aromatic heterocycles. The molecule has 2 rings (SSSR count). The van der Waals surface area contributed by atoms with Crippen LogP contribution in [0.2, 0.25) is 0 Å². The molecular weight excluding hydrogens is 334 g/mol. The number of hydrogen-bond donors (Lipinski definition) is 1. The van der Waals surface area contributed by atoms with Gasteiger partial charge in [-0.15, -0.1) is 0 Å².